The number of ether oxygens (including phenoxy) is 5. The van der Waals surface area contributed by atoms with Gasteiger partial charge in [-0.1, -0.05) is 6.42 Å². The van der Waals surface area contributed by atoms with E-state index in [2.05, 4.69) is 0 Å². The minimum atomic E-state index is -0.542. The largest absolute Gasteiger partial charge is 0.493 e. The second-order valence-electron chi connectivity index (χ2n) is 9.01. The van der Waals surface area contributed by atoms with Gasteiger partial charge in [0.15, 0.2) is 11.5 Å². The fourth-order valence-corrected chi connectivity index (χ4v) is 4.77. The number of piperidine rings is 1. The number of likely N-dealkylation sites (tertiary alicyclic amines) is 1. The van der Waals surface area contributed by atoms with E-state index >= 15 is 0 Å². The van der Waals surface area contributed by atoms with Gasteiger partial charge in [0.25, 0.3) is 0 Å². The van der Waals surface area contributed by atoms with Crippen LogP contribution in [-0.2, 0) is 20.7 Å². The standard InChI is InChI=1S/C26H39NO7/c1-30-22-17-19(18-23(31-2)24(22)32-3)11-8-10-16-33-25(28)21-14-7-9-15-27(21)26(29)34-20-12-5-4-6-13-20/h17-18,20-21H,4-16H2,1-3H3/t21-/m0/s1. The zero-order valence-electron chi connectivity index (χ0n) is 20.8. The highest BCUT2D eigenvalue weighted by Crippen LogP contribution is 2.38. The summed E-state index contributed by atoms with van der Waals surface area (Å²) >= 11 is 0. The topological polar surface area (TPSA) is 83.5 Å². The smallest absolute Gasteiger partial charge is 0.410 e. The van der Waals surface area contributed by atoms with Crippen LogP contribution in [0.3, 0.4) is 0 Å². The summed E-state index contributed by atoms with van der Waals surface area (Å²) in [6.45, 7) is 0.873. The number of unbranched alkanes of at least 4 members (excludes halogenated alkanes) is 1. The molecule has 1 amide bonds. The average Bonchev–Trinajstić information content (AvgIpc) is 2.88. The molecule has 1 heterocycles. The van der Waals surface area contributed by atoms with Gasteiger partial charge in [0.1, 0.15) is 12.1 Å². The molecule has 8 heteroatoms. The van der Waals surface area contributed by atoms with Gasteiger partial charge in [-0.3, -0.25) is 4.90 Å². The molecule has 1 atom stereocenters. The summed E-state index contributed by atoms with van der Waals surface area (Å²) in [5, 5.41) is 0. The zero-order chi connectivity index (χ0) is 24.3. The normalized spacial score (nSPS) is 18.8. The molecule has 0 bridgehead atoms. The van der Waals surface area contributed by atoms with Crippen LogP contribution in [0.5, 0.6) is 17.2 Å². The molecule has 2 fully saturated rings. The Morgan fingerprint density at radius 2 is 1.56 bits per heavy atom. The van der Waals surface area contributed by atoms with E-state index in [1.165, 1.54) is 6.42 Å². The van der Waals surface area contributed by atoms with Gasteiger partial charge < -0.3 is 23.7 Å². The van der Waals surface area contributed by atoms with Crippen molar-refractivity contribution in [3.63, 3.8) is 0 Å². The van der Waals surface area contributed by atoms with Crippen LogP contribution in [-0.4, -0.2) is 63.6 Å². The summed E-state index contributed by atoms with van der Waals surface area (Å²) in [6.07, 6.45) is 9.62. The maximum absolute atomic E-state index is 12.8. The first kappa shape index (κ1) is 26.0. The summed E-state index contributed by atoms with van der Waals surface area (Å²) in [5.74, 6) is 1.50. The van der Waals surface area contributed by atoms with Gasteiger partial charge in [-0.2, -0.15) is 0 Å². The van der Waals surface area contributed by atoms with Gasteiger partial charge in [-0.25, -0.2) is 9.59 Å². The minimum Gasteiger partial charge on any atom is -0.493 e. The Labute approximate surface area is 202 Å². The number of hydrogen-bond donors (Lipinski definition) is 0. The molecule has 1 saturated carbocycles. The van der Waals surface area contributed by atoms with Gasteiger partial charge in [0, 0.05) is 6.54 Å². The number of nitrogens with zero attached hydrogens (tertiary/aromatic N) is 1. The number of carbonyl (C=O) groups is 2. The third-order valence-electron chi connectivity index (χ3n) is 6.66. The first-order valence-corrected chi connectivity index (χ1v) is 12.5. The molecule has 0 aromatic heterocycles. The third-order valence-corrected chi connectivity index (χ3v) is 6.66. The molecule has 8 nitrogen and oxygen atoms in total. The molecule has 1 saturated heterocycles. The fraction of sp³-hybridized carbons (Fsp3) is 0.692. The summed E-state index contributed by atoms with van der Waals surface area (Å²) < 4.78 is 27.4. The third kappa shape index (κ3) is 6.93. The van der Waals surface area contributed by atoms with Crippen molar-refractivity contribution in [2.75, 3.05) is 34.5 Å². The molecular weight excluding hydrogens is 438 g/mol. The first-order valence-electron chi connectivity index (χ1n) is 12.5. The zero-order valence-corrected chi connectivity index (χ0v) is 20.8. The van der Waals surface area contributed by atoms with E-state index in [-0.39, 0.29) is 18.2 Å². The lowest BCUT2D eigenvalue weighted by atomic mass is 9.98. The number of rotatable bonds is 10. The molecule has 1 aliphatic carbocycles. The van der Waals surface area contributed by atoms with Crippen LogP contribution >= 0.6 is 0 Å². The van der Waals surface area contributed by atoms with Crippen LogP contribution in [0.25, 0.3) is 0 Å². The lowest BCUT2D eigenvalue weighted by Gasteiger charge is -2.34. The molecule has 0 radical (unpaired) electrons. The molecule has 1 aromatic carbocycles. The number of amides is 1. The number of aryl methyl sites for hydroxylation is 1. The number of carbonyl (C=O) groups excluding carboxylic acids is 2. The van der Waals surface area contributed by atoms with E-state index in [1.54, 1.807) is 26.2 Å². The van der Waals surface area contributed by atoms with Crippen LogP contribution in [0.4, 0.5) is 4.79 Å². The van der Waals surface area contributed by atoms with Crippen LogP contribution < -0.4 is 14.2 Å². The highest BCUT2D eigenvalue weighted by molar-refractivity contribution is 5.81. The van der Waals surface area contributed by atoms with Gasteiger partial charge in [0.2, 0.25) is 5.75 Å². The van der Waals surface area contributed by atoms with Crippen LogP contribution in [0.15, 0.2) is 12.1 Å². The van der Waals surface area contributed by atoms with Crippen LogP contribution in [0, 0.1) is 0 Å². The predicted molar refractivity (Wildman–Crippen MR) is 128 cm³/mol. The Hall–Kier alpha value is -2.64. The molecule has 2 aliphatic rings. The Morgan fingerprint density at radius 3 is 2.21 bits per heavy atom. The maximum atomic E-state index is 12.8. The lowest BCUT2D eigenvalue weighted by Crippen LogP contribution is -2.49. The van der Waals surface area contributed by atoms with Crippen molar-refractivity contribution in [1.82, 2.24) is 4.90 Å². The van der Waals surface area contributed by atoms with E-state index in [0.29, 0.717) is 36.8 Å². The van der Waals surface area contributed by atoms with Crippen LogP contribution in [0.1, 0.15) is 69.8 Å². The van der Waals surface area contributed by atoms with Crippen molar-refractivity contribution in [1.29, 1.82) is 0 Å². The molecule has 1 aromatic rings. The van der Waals surface area contributed by atoms with Crippen molar-refractivity contribution in [3.8, 4) is 17.2 Å². The Kier molecular flexibility index (Phi) is 10.2. The summed E-state index contributed by atoms with van der Waals surface area (Å²) in [4.78, 5) is 27.1. The monoisotopic (exact) mass is 477 g/mol. The molecule has 3 rings (SSSR count). The van der Waals surface area contributed by atoms with Crippen molar-refractivity contribution >= 4 is 12.1 Å². The summed E-state index contributed by atoms with van der Waals surface area (Å²) in [6, 6.07) is 3.33. The maximum Gasteiger partial charge on any atom is 0.410 e. The van der Waals surface area contributed by atoms with Crippen molar-refractivity contribution in [2.24, 2.45) is 0 Å². The quantitative estimate of drug-likeness (QED) is 0.350. The molecule has 1 aliphatic heterocycles. The Morgan fingerprint density at radius 1 is 0.882 bits per heavy atom. The van der Waals surface area contributed by atoms with Crippen molar-refractivity contribution < 1.29 is 33.3 Å². The molecule has 190 valence electrons. The van der Waals surface area contributed by atoms with E-state index in [1.807, 2.05) is 12.1 Å². The van der Waals surface area contributed by atoms with Crippen LogP contribution in [0.2, 0.25) is 0 Å². The number of esters is 1. The molecule has 0 unspecified atom stereocenters. The van der Waals surface area contributed by atoms with E-state index < -0.39 is 6.04 Å². The van der Waals surface area contributed by atoms with Crippen molar-refractivity contribution in [2.45, 2.75) is 82.8 Å². The molecular formula is C26H39NO7. The van der Waals surface area contributed by atoms with E-state index in [9.17, 15) is 9.59 Å². The minimum absolute atomic E-state index is 0.0185. The first-order chi connectivity index (χ1) is 16.6. The lowest BCUT2D eigenvalue weighted by molar-refractivity contribution is -0.151. The van der Waals surface area contributed by atoms with Crippen molar-refractivity contribution in [3.05, 3.63) is 17.7 Å². The van der Waals surface area contributed by atoms with Gasteiger partial charge in [-0.15, -0.1) is 0 Å². The second-order valence-corrected chi connectivity index (χ2v) is 9.01. The molecule has 0 spiro atoms. The second kappa shape index (κ2) is 13.3. The SMILES string of the molecule is COc1cc(CCCCOC(=O)[C@@H]2CCCCN2C(=O)OC2CCCCC2)cc(OC)c1OC. The number of hydrogen-bond acceptors (Lipinski definition) is 7. The van der Waals surface area contributed by atoms with E-state index in [4.69, 9.17) is 23.7 Å². The average molecular weight is 478 g/mol. The van der Waals surface area contributed by atoms with Gasteiger partial charge >= 0.3 is 12.1 Å². The predicted octanol–water partition coefficient (Wildman–Crippen LogP) is 4.90. The molecule has 34 heavy (non-hydrogen) atoms. The number of benzene rings is 1. The summed E-state index contributed by atoms with van der Waals surface area (Å²) in [7, 11) is 4.78. The molecule has 0 N–H and O–H groups in total. The summed E-state index contributed by atoms with van der Waals surface area (Å²) in [5.41, 5.74) is 1.06. The fourth-order valence-electron chi connectivity index (χ4n) is 4.77. The van der Waals surface area contributed by atoms with E-state index in [0.717, 1.165) is 63.4 Å². The van der Waals surface area contributed by atoms with Gasteiger partial charge in [0.05, 0.1) is 27.9 Å². The highest BCUT2D eigenvalue weighted by Gasteiger charge is 2.35. The Bertz CT molecular complexity index is 781. The highest BCUT2D eigenvalue weighted by atomic mass is 16.6. The van der Waals surface area contributed by atoms with Gasteiger partial charge in [-0.05, 0) is 81.9 Å². The number of methoxy groups -OCH3 is 3. The Balaban J connectivity index is 1.45.